The van der Waals surface area contributed by atoms with E-state index in [2.05, 4.69) is 11.8 Å². The molecule has 0 N–H and O–H groups in total. The van der Waals surface area contributed by atoms with E-state index in [1.54, 1.807) is 0 Å². The first kappa shape index (κ1) is 12.5. The highest BCUT2D eigenvalue weighted by molar-refractivity contribution is 5.06. The van der Waals surface area contributed by atoms with Gasteiger partial charge >= 0.3 is 0 Å². The minimum absolute atomic E-state index is 0.318. The number of ether oxygens (including phenoxy) is 2. The van der Waals surface area contributed by atoms with Crippen LogP contribution in [0.3, 0.4) is 0 Å². The first-order valence-electron chi connectivity index (χ1n) is 6.11. The fourth-order valence-corrected chi connectivity index (χ4v) is 1.87. The van der Waals surface area contributed by atoms with Crippen LogP contribution in [0, 0.1) is 17.8 Å². The molecule has 1 aliphatic carbocycles. The molecule has 0 aromatic heterocycles. The van der Waals surface area contributed by atoms with Gasteiger partial charge in [0.2, 0.25) is 6.29 Å². The lowest BCUT2D eigenvalue weighted by Gasteiger charge is -2.16. The van der Waals surface area contributed by atoms with Crippen LogP contribution in [-0.4, -0.2) is 19.5 Å². The summed E-state index contributed by atoms with van der Waals surface area (Å²) in [7, 11) is 0. The largest absolute Gasteiger partial charge is 0.342 e. The molecule has 0 heterocycles. The Morgan fingerprint density at radius 1 is 1.07 bits per heavy atom. The highest BCUT2D eigenvalue weighted by Crippen LogP contribution is 2.22. The Kier molecular flexibility index (Phi) is 6.47. The van der Waals surface area contributed by atoms with Crippen LogP contribution >= 0.6 is 0 Å². The van der Waals surface area contributed by atoms with Crippen molar-refractivity contribution >= 4 is 0 Å². The molecule has 0 saturated heterocycles. The number of hydrogen-bond acceptors (Lipinski definition) is 2. The Balaban J connectivity index is 2.36. The Morgan fingerprint density at radius 2 is 1.67 bits per heavy atom. The molecule has 1 saturated carbocycles. The predicted octanol–water partition coefficient (Wildman–Crippen LogP) is 2.97. The maximum absolute atomic E-state index is 5.38. The molecule has 0 aliphatic heterocycles. The molecule has 1 aliphatic rings. The third-order valence-electron chi connectivity index (χ3n) is 2.65. The van der Waals surface area contributed by atoms with Gasteiger partial charge in [-0.3, -0.25) is 0 Å². The second-order valence-corrected chi connectivity index (χ2v) is 3.87. The van der Waals surface area contributed by atoms with Gasteiger partial charge in [-0.25, -0.2) is 0 Å². The van der Waals surface area contributed by atoms with Crippen molar-refractivity contribution in [1.82, 2.24) is 0 Å². The highest BCUT2D eigenvalue weighted by atomic mass is 16.7. The molecule has 2 heteroatoms. The molecular formula is C13H22O2. The summed E-state index contributed by atoms with van der Waals surface area (Å²) in [4.78, 5) is 0. The molecule has 15 heavy (non-hydrogen) atoms. The van der Waals surface area contributed by atoms with Crippen LogP contribution in [0.1, 0.15) is 46.0 Å². The summed E-state index contributed by atoms with van der Waals surface area (Å²) >= 11 is 0. The minimum atomic E-state index is -0.318. The zero-order valence-electron chi connectivity index (χ0n) is 9.92. The Bertz CT molecular complexity index is 202. The normalized spacial score (nSPS) is 17.5. The fraction of sp³-hybridized carbons (Fsp3) is 0.846. The highest BCUT2D eigenvalue weighted by Gasteiger charge is 2.11. The van der Waals surface area contributed by atoms with E-state index in [-0.39, 0.29) is 6.29 Å². The summed E-state index contributed by atoms with van der Waals surface area (Å²) in [6, 6.07) is 0. The average Bonchev–Trinajstić information content (AvgIpc) is 2.28. The molecule has 0 spiro atoms. The number of rotatable bonds is 4. The van der Waals surface area contributed by atoms with Crippen molar-refractivity contribution in [3.63, 3.8) is 0 Å². The molecule has 86 valence electrons. The zero-order valence-corrected chi connectivity index (χ0v) is 9.92. The molecule has 2 nitrogen and oxygen atoms in total. The molecule has 0 bridgehead atoms. The van der Waals surface area contributed by atoms with E-state index in [0.29, 0.717) is 19.1 Å². The molecule has 1 rings (SSSR count). The van der Waals surface area contributed by atoms with Crippen molar-refractivity contribution in [2.45, 2.75) is 52.2 Å². The summed E-state index contributed by atoms with van der Waals surface area (Å²) in [6.07, 6.45) is 6.21. The fourth-order valence-electron chi connectivity index (χ4n) is 1.87. The molecule has 0 radical (unpaired) electrons. The van der Waals surface area contributed by atoms with Crippen LogP contribution in [0.5, 0.6) is 0 Å². The van der Waals surface area contributed by atoms with Gasteiger partial charge in [-0.2, -0.15) is 0 Å². The molecule has 0 atom stereocenters. The summed E-state index contributed by atoms with van der Waals surface area (Å²) in [5.74, 6) is 6.96. The molecule has 0 aromatic carbocycles. The first-order chi connectivity index (χ1) is 7.36. The lowest BCUT2D eigenvalue weighted by Crippen LogP contribution is -2.15. The maximum Gasteiger partial charge on any atom is 0.222 e. The van der Waals surface area contributed by atoms with Gasteiger partial charge in [-0.05, 0) is 32.6 Å². The van der Waals surface area contributed by atoms with Crippen LogP contribution in [0.25, 0.3) is 0 Å². The molecule has 0 unspecified atom stereocenters. The second kappa shape index (κ2) is 7.73. The van der Waals surface area contributed by atoms with Crippen LogP contribution in [0.15, 0.2) is 0 Å². The van der Waals surface area contributed by atoms with Crippen molar-refractivity contribution in [3.8, 4) is 11.8 Å². The predicted molar refractivity (Wildman–Crippen MR) is 61.4 cm³/mol. The minimum Gasteiger partial charge on any atom is -0.342 e. The Labute approximate surface area is 93.3 Å². The third-order valence-corrected chi connectivity index (χ3v) is 2.65. The molecular weight excluding hydrogens is 188 g/mol. The van der Waals surface area contributed by atoms with Crippen molar-refractivity contribution in [1.29, 1.82) is 0 Å². The second-order valence-electron chi connectivity index (χ2n) is 3.87. The van der Waals surface area contributed by atoms with E-state index < -0.39 is 0 Å². The van der Waals surface area contributed by atoms with E-state index in [0.717, 1.165) is 0 Å². The van der Waals surface area contributed by atoms with E-state index in [9.17, 15) is 0 Å². The van der Waals surface area contributed by atoms with E-state index >= 15 is 0 Å². The topological polar surface area (TPSA) is 18.5 Å². The van der Waals surface area contributed by atoms with Gasteiger partial charge in [0, 0.05) is 19.1 Å². The standard InChI is InChI=1S/C13H22O2/c1-3-14-13(15-4-2)11-10-12-8-6-5-7-9-12/h12-13H,3-9H2,1-2H3. The summed E-state index contributed by atoms with van der Waals surface area (Å²) in [5, 5.41) is 0. The zero-order chi connectivity index (χ0) is 10.9. The smallest absolute Gasteiger partial charge is 0.222 e. The Hall–Kier alpha value is -0.520. The van der Waals surface area contributed by atoms with Gasteiger partial charge < -0.3 is 9.47 Å². The number of hydrogen-bond donors (Lipinski definition) is 0. The van der Waals surface area contributed by atoms with Crippen LogP contribution in [-0.2, 0) is 9.47 Å². The van der Waals surface area contributed by atoms with E-state index in [1.807, 2.05) is 13.8 Å². The SMILES string of the molecule is CCOC(C#CC1CCCCC1)OCC. The molecule has 0 amide bonds. The van der Waals surface area contributed by atoms with Crippen LogP contribution in [0.4, 0.5) is 0 Å². The van der Waals surface area contributed by atoms with Gasteiger partial charge in [0.05, 0.1) is 0 Å². The monoisotopic (exact) mass is 210 g/mol. The van der Waals surface area contributed by atoms with Crippen molar-refractivity contribution in [2.24, 2.45) is 5.92 Å². The van der Waals surface area contributed by atoms with Gasteiger partial charge in [-0.1, -0.05) is 25.2 Å². The molecule has 0 aromatic rings. The third kappa shape index (κ3) is 5.20. The van der Waals surface area contributed by atoms with Gasteiger partial charge in [0.1, 0.15) is 0 Å². The van der Waals surface area contributed by atoms with Gasteiger partial charge in [0.15, 0.2) is 0 Å². The Morgan fingerprint density at radius 3 is 2.20 bits per heavy atom. The summed E-state index contributed by atoms with van der Waals surface area (Å²) < 4.78 is 10.8. The van der Waals surface area contributed by atoms with Crippen LogP contribution in [0.2, 0.25) is 0 Å². The summed E-state index contributed by atoms with van der Waals surface area (Å²) in [5.41, 5.74) is 0. The van der Waals surface area contributed by atoms with Crippen LogP contribution < -0.4 is 0 Å². The van der Waals surface area contributed by atoms with E-state index in [4.69, 9.17) is 9.47 Å². The van der Waals surface area contributed by atoms with Crippen molar-refractivity contribution in [3.05, 3.63) is 0 Å². The van der Waals surface area contributed by atoms with Crippen molar-refractivity contribution < 1.29 is 9.47 Å². The van der Waals surface area contributed by atoms with Gasteiger partial charge in [0.25, 0.3) is 0 Å². The average molecular weight is 210 g/mol. The lowest BCUT2D eigenvalue weighted by molar-refractivity contribution is -0.0971. The van der Waals surface area contributed by atoms with Gasteiger partial charge in [-0.15, -0.1) is 0 Å². The van der Waals surface area contributed by atoms with Crippen molar-refractivity contribution in [2.75, 3.05) is 13.2 Å². The lowest BCUT2D eigenvalue weighted by atomic mass is 9.90. The summed E-state index contributed by atoms with van der Waals surface area (Å²) in [6.45, 7) is 5.25. The quantitative estimate of drug-likeness (QED) is 0.524. The van der Waals surface area contributed by atoms with E-state index in [1.165, 1.54) is 32.1 Å². The first-order valence-corrected chi connectivity index (χ1v) is 6.11. The maximum atomic E-state index is 5.38. The molecule has 1 fully saturated rings.